The van der Waals surface area contributed by atoms with Crippen LogP contribution in [-0.2, 0) is 16.0 Å². The predicted molar refractivity (Wildman–Crippen MR) is 97.5 cm³/mol. The molecule has 2 rings (SSSR count). The molecule has 0 saturated carbocycles. The van der Waals surface area contributed by atoms with Gasteiger partial charge in [-0.15, -0.1) is 0 Å². The van der Waals surface area contributed by atoms with E-state index in [4.69, 9.17) is 0 Å². The number of aryl methyl sites for hydroxylation is 2. The largest absolute Gasteiger partial charge is 0.376 e. The summed E-state index contributed by atoms with van der Waals surface area (Å²) >= 11 is 0. The summed E-state index contributed by atoms with van der Waals surface area (Å²) in [6, 6.07) is 11.8. The Morgan fingerprint density at radius 1 is 1.04 bits per heavy atom. The highest BCUT2D eigenvalue weighted by molar-refractivity contribution is 5.85. The van der Waals surface area contributed by atoms with E-state index in [1.807, 2.05) is 32.0 Å². The van der Waals surface area contributed by atoms with Gasteiger partial charge in [0.1, 0.15) is 0 Å². The normalized spacial score (nSPS) is 10.1. The van der Waals surface area contributed by atoms with E-state index in [1.54, 1.807) is 6.07 Å². The smallest absolute Gasteiger partial charge is 0.273 e. The number of anilines is 1. The Bertz CT molecular complexity index is 836. The van der Waals surface area contributed by atoms with Gasteiger partial charge in [0, 0.05) is 17.3 Å². The number of carbonyl (C=O) groups excluding carboxylic acids is 2. The summed E-state index contributed by atoms with van der Waals surface area (Å²) in [7, 11) is 0. The Labute approximate surface area is 150 Å². The van der Waals surface area contributed by atoms with E-state index in [-0.39, 0.29) is 24.2 Å². The molecule has 8 nitrogen and oxygen atoms in total. The van der Waals surface area contributed by atoms with Crippen molar-refractivity contribution in [1.82, 2.24) is 10.9 Å². The maximum absolute atomic E-state index is 11.9. The van der Waals surface area contributed by atoms with E-state index < -0.39 is 16.7 Å². The van der Waals surface area contributed by atoms with Crippen molar-refractivity contribution in [2.75, 3.05) is 11.9 Å². The van der Waals surface area contributed by atoms with Gasteiger partial charge in [-0.1, -0.05) is 35.9 Å². The molecule has 0 aliphatic rings. The first kappa shape index (κ1) is 18.9. The number of benzene rings is 2. The average Bonchev–Trinajstić information content (AvgIpc) is 2.59. The van der Waals surface area contributed by atoms with Crippen LogP contribution < -0.4 is 16.2 Å². The highest BCUT2D eigenvalue weighted by Gasteiger charge is 2.15. The topological polar surface area (TPSA) is 113 Å². The van der Waals surface area contributed by atoms with Crippen molar-refractivity contribution >= 4 is 23.2 Å². The molecule has 0 saturated heterocycles. The van der Waals surface area contributed by atoms with E-state index in [0.29, 0.717) is 0 Å². The second-order valence-electron chi connectivity index (χ2n) is 5.83. The Morgan fingerprint density at radius 3 is 2.42 bits per heavy atom. The molecule has 0 aliphatic heterocycles. The number of nitrogens with zero attached hydrogens (tertiary/aromatic N) is 1. The lowest BCUT2D eigenvalue weighted by Gasteiger charge is -2.11. The Kier molecular flexibility index (Phi) is 6.26. The average molecular weight is 356 g/mol. The van der Waals surface area contributed by atoms with Crippen molar-refractivity contribution in [1.29, 1.82) is 0 Å². The van der Waals surface area contributed by atoms with E-state index in [9.17, 15) is 19.7 Å². The molecule has 0 radical (unpaired) electrons. The van der Waals surface area contributed by atoms with Gasteiger partial charge in [0.05, 0.1) is 17.9 Å². The molecule has 0 bridgehead atoms. The minimum atomic E-state index is -0.547. The van der Waals surface area contributed by atoms with Crippen molar-refractivity contribution in [3.63, 3.8) is 0 Å². The quantitative estimate of drug-likeness (QED) is 0.541. The summed E-state index contributed by atoms with van der Waals surface area (Å²) < 4.78 is 0. The lowest BCUT2D eigenvalue weighted by molar-refractivity contribution is -0.385. The van der Waals surface area contributed by atoms with Gasteiger partial charge in [-0.3, -0.25) is 30.6 Å². The van der Waals surface area contributed by atoms with Crippen LogP contribution in [0.25, 0.3) is 0 Å². The number of amides is 2. The minimum Gasteiger partial charge on any atom is -0.376 e. The van der Waals surface area contributed by atoms with Crippen molar-refractivity contribution in [3.05, 3.63) is 69.3 Å². The van der Waals surface area contributed by atoms with Crippen molar-refractivity contribution in [2.45, 2.75) is 20.3 Å². The van der Waals surface area contributed by atoms with Gasteiger partial charge in [-0.05, 0) is 25.5 Å². The van der Waals surface area contributed by atoms with E-state index in [1.165, 1.54) is 18.2 Å². The van der Waals surface area contributed by atoms with Gasteiger partial charge in [0.25, 0.3) is 11.6 Å². The third-order valence-corrected chi connectivity index (χ3v) is 3.70. The standard InChI is InChI=1S/C18H20N4O4/c1-12-7-8-15(13(2)9-12)19-11-18(24)21-20-17(23)10-14-5-3-4-6-16(14)22(25)26/h3-9,19H,10-11H2,1-2H3,(H,20,23)(H,21,24). The van der Waals surface area contributed by atoms with Crippen LogP contribution >= 0.6 is 0 Å². The zero-order valence-electron chi connectivity index (χ0n) is 14.5. The first-order chi connectivity index (χ1) is 12.4. The summed E-state index contributed by atoms with van der Waals surface area (Å²) in [6.07, 6.45) is -0.206. The monoisotopic (exact) mass is 356 g/mol. The molecule has 2 aromatic rings. The molecule has 0 atom stereocenters. The molecule has 0 spiro atoms. The summed E-state index contributed by atoms with van der Waals surface area (Å²) in [5.41, 5.74) is 7.65. The van der Waals surface area contributed by atoms with Crippen LogP contribution in [0.4, 0.5) is 11.4 Å². The van der Waals surface area contributed by atoms with E-state index in [2.05, 4.69) is 16.2 Å². The van der Waals surface area contributed by atoms with Crippen molar-refractivity contribution in [2.24, 2.45) is 0 Å². The number of para-hydroxylation sites is 1. The van der Waals surface area contributed by atoms with Crippen molar-refractivity contribution in [3.8, 4) is 0 Å². The molecule has 136 valence electrons. The van der Waals surface area contributed by atoms with Crippen molar-refractivity contribution < 1.29 is 14.5 Å². The molecule has 0 aromatic heterocycles. The molecule has 0 heterocycles. The van der Waals surface area contributed by atoms with Gasteiger partial charge in [0.15, 0.2) is 0 Å². The minimum absolute atomic E-state index is 0.0182. The fourth-order valence-corrected chi connectivity index (χ4v) is 2.43. The van der Waals surface area contributed by atoms with Gasteiger partial charge in [-0.25, -0.2) is 0 Å². The number of hydrogen-bond donors (Lipinski definition) is 3. The molecular formula is C18H20N4O4. The highest BCUT2D eigenvalue weighted by atomic mass is 16.6. The lowest BCUT2D eigenvalue weighted by Crippen LogP contribution is -2.44. The van der Waals surface area contributed by atoms with Crippen LogP contribution in [0.1, 0.15) is 16.7 Å². The number of rotatable bonds is 6. The fourth-order valence-electron chi connectivity index (χ4n) is 2.43. The first-order valence-electron chi connectivity index (χ1n) is 7.98. The van der Waals surface area contributed by atoms with Gasteiger partial charge in [0.2, 0.25) is 5.91 Å². The maximum Gasteiger partial charge on any atom is 0.273 e. The SMILES string of the molecule is Cc1ccc(NCC(=O)NNC(=O)Cc2ccccc2[N+](=O)[O-])c(C)c1. The molecular weight excluding hydrogens is 336 g/mol. The third kappa shape index (κ3) is 5.30. The zero-order chi connectivity index (χ0) is 19.1. The number of nitro groups is 1. The van der Waals surface area contributed by atoms with Crippen LogP contribution in [0, 0.1) is 24.0 Å². The van der Waals surface area contributed by atoms with Gasteiger partial charge >= 0.3 is 0 Å². The van der Waals surface area contributed by atoms with Gasteiger partial charge in [-0.2, -0.15) is 0 Å². The zero-order valence-corrected chi connectivity index (χ0v) is 14.5. The number of nitrogens with one attached hydrogen (secondary N) is 3. The molecule has 3 N–H and O–H groups in total. The number of hydrogen-bond acceptors (Lipinski definition) is 5. The lowest BCUT2D eigenvalue weighted by atomic mass is 10.1. The van der Waals surface area contributed by atoms with Crippen LogP contribution in [-0.4, -0.2) is 23.3 Å². The number of carbonyl (C=O) groups is 2. The Morgan fingerprint density at radius 2 is 1.73 bits per heavy atom. The molecule has 0 aliphatic carbocycles. The summed E-state index contributed by atoms with van der Waals surface area (Å²) in [5.74, 6) is -0.972. The van der Waals surface area contributed by atoms with E-state index in [0.717, 1.165) is 16.8 Å². The summed E-state index contributed by atoms with van der Waals surface area (Å²) in [5, 5.41) is 13.9. The van der Waals surface area contributed by atoms with E-state index >= 15 is 0 Å². The van der Waals surface area contributed by atoms with Crippen LogP contribution in [0.5, 0.6) is 0 Å². The molecule has 26 heavy (non-hydrogen) atoms. The third-order valence-electron chi connectivity index (χ3n) is 3.70. The molecule has 0 unspecified atom stereocenters. The summed E-state index contributed by atoms with van der Waals surface area (Å²) in [6.45, 7) is 3.90. The molecule has 2 amide bonds. The second kappa shape index (κ2) is 8.61. The van der Waals surface area contributed by atoms with Crippen LogP contribution in [0.3, 0.4) is 0 Å². The summed E-state index contributed by atoms with van der Waals surface area (Å²) in [4.78, 5) is 34.1. The molecule has 2 aromatic carbocycles. The molecule has 8 heteroatoms. The molecule has 0 fully saturated rings. The second-order valence-corrected chi connectivity index (χ2v) is 5.83. The van der Waals surface area contributed by atoms with Crippen LogP contribution in [0.15, 0.2) is 42.5 Å². The first-order valence-corrected chi connectivity index (χ1v) is 7.98. The number of hydrazine groups is 1. The predicted octanol–water partition coefficient (Wildman–Crippen LogP) is 2.01. The van der Waals surface area contributed by atoms with Crippen LogP contribution in [0.2, 0.25) is 0 Å². The Hall–Kier alpha value is -3.42. The Balaban J connectivity index is 1.82. The fraction of sp³-hybridized carbons (Fsp3) is 0.222. The number of nitro benzene ring substituents is 1. The highest BCUT2D eigenvalue weighted by Crippen LogP contribution is 2.18. The maximum atomic E-state index is 11.9. The van der Waals surface area contributed by atoms with Gasteiger partial charge < -0.3 is 5.32 Å².